The van der Waals surface area contributed by atoms with Gasteiger partial charge in [-0.05, 0) is 24.4 Å². The second-order valence-electron chi connectivity index (χ2n) is 12.8. The quantitative estimate of drug-likeness (QED) is 0.0536. The van der Waals surface area contributed by atoms with Crippen molar-refractivity contribution in [2.24, 2.45) is 0 Å². The highest BCUT2D eigenvalue weighted by atomic mass is 33.1. The molecular formula is C38H76N2S3. The summed E-state index contributed by atoms with van der Waals surface area (Å²) < 4.78 is 3.51. The molecule has 2 nitrogen and oxygen atoms in total. The van der Waals surface area contributed by atoms with E-state index in [1.54, 1.807) is 6.20 Å². The molecule has 0 radical (unpaired) electrons. The molecule has 0 aliphatic carbocycles. The van der Waals surface area contributed by atoms with E-state index in [-0.39, 0.29) is 0 Å². The molecule has 5 heteroatoms. The average Bonchev–Trinajstić information content (AvgIpc) is 3.62. The minimum absolute atomic E-state index is 1.35. The standard InChI is InChI=1S/C36H74S2.C2H2N2S/c1-3-5-7-9-11-13-15-17-19-21-23-25-27-29-31-33-35-37-38-36-34-32-30-28-26-24-22-20-18-16-14-12-10-8-6-4-2;1-2-5-4-3-1/h3-36H2,1-2H3;1-2H. The highest BCUT2D eigenvalue weighted by Gasteiger charge is 1.97. The van der Waals surface area contributed by atoms with Gasteiger partial charge in [0.25, 0.3) is 0 Å². The van der Waals surface area contributed by atoms with E-state index >= 15 is 0 Å². The minimum atomic E-state index is 1.35. The van der Waals surface area contributed by atoms with Crippen molar-refractivity contribution in [2.75, 3.05) is 11.5 Å². The molecule has 0 fully saturated rings. The van der Waals surface area contributed by atoms with Crippen molar-refractivity contribution in [3.8, 4) is 0 Å². The molecule has 0 amide bonds. The largest absolute Gasteiger partial charge is 0.147 e. The summed E-state index contributed by atoms with van der Waals surface area (Å²) in [7, 11) is 4.29. The van der Waals surface area contributed by atoms with Gasteiger partial charge in [0.15, 0.2) is 0 Å². The smallest absolute Gasteiger partial charge is 0.0620 e. The van der Waals surface area contributed by atoms with Crippen LogP contribution in [0, 0.1) is 0 Å². The molecule has 0 saturated carbocycles. The first-order valence-electron chi connectivity index (χ1n) is 19.4. The number of unbranched alkanes of at least 4 members (excludes halogenated alkanes) is 30. The van der Waals surface area contributed by atoms with Gasteiger partial charge in [-0.3, -0.25) is 0 Å². The summed E-state index contributed by atoms with van der Waals surface area (Å²) in [6.45, 7) is 4.61. The lowest BCUT2D eigenvalue weighted by Crippen LogP contribution is -1.85. The minimum Gasteiger partial charge on any atom is -0.147 e. The maximum atomic E-state index is 3.51. The van der Waals surface area contributed by atoms with E-state index in [9.17, 15) is 0 Å². The van der Waals surface area contributed by atoms with Crippen LogP contribution in [-0.4, -0.2) is 21.1 Å². The van der Waals surface area contributed by atoms with Crippen molar-refractivity contribution in [1.82, 2.24) is 9.59 Å². The summed E-state index contributed by atoms with van der Waals surface area (Å²) >= 11 is 1.35. The van der Waals surface area contributed by atoms with Gasteiger partial charge in [-0.15, -0.1) is 5.10 Å². The normalized spacial score (nSPS) is 11.1. The summed E-state index contributed by atoms with van der Waals surface area (Å²) in [6.07, 6.45) is 48.7. The number of rotatable bonds is 35. The van der Waals surface area contributed by atoms with Crippen LogP contribution in [0.25, 0.3) is 0 Å². The molecule has 0 aromatic carbocycles. The lowest BCUT2D eigenvalue weighted by atomic mass is 10.0. The molecule has 43 heavy (non-hydrogen) atoms. The van der Waals surface area contributed by atoms with E-state index < -0.39 is 0 Å². The Morgan fingerprint density at radius 1 is 0.372 bits per heavy atom. The molecule has 0 aliphatic rings. The van der Waals surface area contributed by atoms with Crippen LogP contribution in [0.3, 0.4) is 0 Å². The Kier molecular flexibility index (Phi) is 42.5. The second kappa shape index (κ2) is 42.3. The lowest BCUT2D eigenvalue weighted by Gasteiger charge is -2.04. The number of hydrogen-bond acceptors (Lipinski definition) is 5. The topological polar surface area (TPSA) is 25.8 Å². The van der Waals surface area contributed by atoms with E-state index in [0.717, 1.165) is 0 Å². The second-order valence-corrected chi connectivity index (χ2v) is 16.2. The molecular weight excluding hydrogens is 581 g/mol. The molecule has 0 N–H and O–H groups in total. The van der Waals surface area contributed by atoms with Crippen molar-refractivity contribution in [3.63, 3.8) is 0 Å². The molecule has 1 aromatic heterocycles. The van der Waals surface area contributed by atoms with E-state index in [1.165, 1.54) is 229 Å². The van der Waals surface area contributed by atoms with Crippen molar-refractivity contribution < 1.29 is 0 Å². The zero-order valence-electron chi connectivity index (χ0n) is 29.3. The van der Waals surface area contributed by atoms with Crippen LogP contribution in [0.15, 0.2) is 11.6 Å². The molecule has 0 aliphatic heterocycles. The predicted octanol–water partition coefficient (Wildman–Crippen LogP) is 15.4. The Balaban J connectivity index is 0.00000316. The van der Waals surface area contributed by atoms with Gasteiger partial charge >= 0.3 is 0 Å². The van der Waals surface area contributed by atoms with Gasteiger partial charge in [-0.2, -0.15) is 0 Å². The Hall–Kier alpha value is 0.260. The van der Waals surface area contributed by atoms with E-state index in [2.05, 4.69) is 45.0 Å². The molecule has 0 atom stereocenters. The number of hydrogen-bond donors (Lipinski definition) is 0. The summed E-state index contributed by atoms with van der Waals surface area (Å²) in [5.74, 6) is 2.75. The predicted molar refractivity (Wildman–Crippen MR) is 204 cm³/mol. The third-order valence-electron chi connectivity index (χ3n) is 8.53. The van der Waals surface area contributed by atoms with Gasteiger partial charge < -0.3 is 0 Å². The molecule has 1 aromatic rings. The van der Waals surface area contributed by atoms with Crippen LogP contribution in [0.5, 0.6) is 0 Å². The highest BCUT2D eigenvalue weighted by molar-refractivity contribution is 8.76. The number of aromatic nitrogens is 2. The molecule has 0 unspecified atom stereocenters. The molecule has 256 valence electrons. The summed E-state index contributed by atoms with van der Waals surface area (Å²) in [6, 6.07) is 0. The summed E-state index contributed by atoms with van der Waals surface area (Å²) in [4.78, 5) is 0. The fourth-order valence-electron chi connectivity index (χ4n) is 5.67. The van der Waals surface area contributed by atoms with Crippen LogP contribution >= 0.6 is 33.1 Å². The van der Waals surface area contributed by atoms with E-state index in [1.807, 2.05) is 5.38 Å². The average molecular weight is 657 g/mol. The zero-order valence-corrected chi connectivity index (χ0v) is 31.8. The van der Waals surface area contributed by atoms with Crippen molar-refractivity contribution >= 4 is 33.1 Å². The SMILES string of the molecule is CCCCCCCCCCCCCCCCCCSSCCCCCCCCCCCCCCCCCC.c1csnn1. The Morgan fingerprint density at radius 3 is 0.814 bits per heavy atom. The maximum Gasteiger partial charge on any atom is 0.0620 e. The third kappa shape index (κ3) is 42.3. The van der Waals surface area contributed by atoms with Gasteiger partial charge in [-0.1, -0.05) is 233 Å². The molecule has 0 bridgehead atoms. The fourth-order valence-corrected chi connectivity index (χ4v) is 8.24. The van der Waals surface area contributed by atoms with E-state index in [0.29, 0.717) is 0 Å². The van der Waals surface area contributed by atoms with Crippen LogP contribution in [0.4, 0.5) is 0 Å². The van der Waals surface area contributed by atoms with E-state index in [4.69, 9.17) is 0 Å². The molecule has 1 heterocycles. The van der Waals surface area contributed by atoms with Crippen LogP contribution < -0.4 is 0 Å². The Bertz CT molecular complexity index is 502. The van der Waals surface area contributed by atoms with Crippen molar-refractivity contribution in [3.05, 3.63) is 11.6 Å². The molecule has 1 rings (SSSR count). The van der Waals surface area contributed by atoms with Crippen LogP contribution in [0.1, 0.15) is 219 Å². The van der Waals surface area contributed by atoms with Gasteiger partial charge in [0.1, 0.15) is 0 Å². The summed E-state index contributed by atoms with van der Waals surface area (Å²) in [5, 5.41) is 5.31. The van der Waals surface area contributed by atoms with Gasteiger partial charge in [0.05, 0.1) is 6.20 Å². The lowest BCUT2D eigenvalue weighted by molar-refractivity contribution is 0.531. The first-order chi connectivity index (χ1) is 21.4. The highest BCUT2D eigenvalue weighted by Crippen LogP contribution is 2.25. The first kappa shape index (κ1) is 43.3. The Labute approximate surface area is 283 Å². The van der Waals surface area contributed by atoms with Crippen LogP contribution in [-0.2, 0) is 0 Å². The third-order valence-corrected chi connectivity index (χ3v) is 11.5. The van der Waals surface area contributed by atoms with Crippen molar-refractivity contribution in [2.45, 2.75) is 219 Å². The Morgan fingerprint density at radius 2 is 0.628 bits per heavy atom. The van der Waals surface area contributed by atoms with Crippen molar-refractivity contribution in [1.29, 1.82) is 0 Å². The fraction of sp³-hybridized carbons (Fsp3) is 0.947. The van der Waals surface area contributed by atoms with Gasteiger partial charge in [0.2, 0.25) is 0 Å². The molecule has 0 saturated heterocycles. The molecule has 0 spiro atoms. The van der Waals surface area contributed by atoms with Gasteiger partial charge in [0, 0.05) is 16.9 Å². The number of nitrogens with zero attached hydrogens (tertiary/aromatic N) is 2. The maximum absolute atomic E-state index is 3.51. The monoisotopic (exact) mass is 657 g/mol. The zero-order chi connectivity index (χ0) is 31.0. The van der Waals surface area contributed by atoms with Crippen LogP contribution in [0.2, 0.25) is 0 Å². The summed E-state index contributed by atoms with van der Waals surface area (Å²) in [5.41, 5.74) is 0. The van der Waals surface area contributed by atoms with Gasteiger partial charge in [-0.25, -0.2) is 0 Å². The first-order valence-corrected chi connectivity index (χ1v) is 22.7.